The van der Waals surface area contributed by atoms with Crippen molar-refractivity contribution < 1.29 is 22.7 Å². The maximum atomic E-state index is 12.8. The van der Waals surface area contributed by atoms with Crippen LogP contribution in [0.4, 0.5) is 13.2 Å². The molecule has 3 N–H and O–H groups in total. The second-order valence-corrected chi connectivity index (χ2v) is 6.82. The summed E-state index contributed by atoms with van der Waals surface area (Å²) in [7, 11) is 3.19. The number of aliphatic imine (C=N–C) groups is 1. The number of allylic oxidation sites excluding steroid dienone is 2. The molecule has 0 fully saturated rings. The quantitative estimate of drug-likeness (QED) is 0.385. The Morgan fingerprint density at radius 2 is 2.13 bits per heavy atom. The zero-order valence-corrected chi connectivity index (χ0v) is 17.8. The first-order valence-corrected chi connectivity index (χ1v) is 9.52. The Balaban J connectivity index is 2.83. The number of likely N-dealkylation sites (N-methyl/N-ethyl adjacent to an activating group) is 1. The molecular formula is C21H28F3N5O2. The van der Waals surface area contributed by atoms with Gasteiger partial charge >= 0.3 is 6.18 Å². The third kappa shape index (κ3) is 7.97. The summed E-state index contributed by atoms with van der Waals surface area (Å²) in [6.45, 7) is 4.78. The molecule has 31 heavy (non-hydrogen) atoms. The Kier molecular flexibility index (Phi) is 10.1. The van der Waals surface area contributed by atoms with E-state index in [4.69, 9.17) is 15.9 Å². The van der Waals surface area contributed by atoms with Gasteiger partial charge in [0.25, 0.3) is 0 Å². The molecule has 0 saturated heterocycles. The Labute approximate surface area is 180 Å². The van der Waals surface area contributed by atoms with E-state index in [1.165, 1.54) is 19.5 Å². The molecule has 1 heterocycles. The Hall–Kier alpha value is -3.01. The standard InChI is InChI=1S/C21H28F3N5O2/c1-5-18(21(22,23)24)27-12-14(2)29(3)16(11-25)7-6-8-17(20(26)30)15-9-10-19(31-4)28-13-15/h5,8-11,13-14,16,25H,1,6-7,12H2,2-4H3,(H2,26,30)/b17-8+,25-11?,27-18+. The summed E-state index contributed by atoms with van der Waals surface area (Å²) in [5.74, 6) is -0.210. The summed E-state index contributed by atoms with van der Waals surface area (Å²) in [4.78, 5) is 21.2. The van der Waals surface area contributed by atoms with Crippen LogP contribution in [0.3, 0.4) is 0 Å². The van der Waals surface area contributed by atoms with Gasteiger partial charge in [0.2, 0.25) is 11.8 Å². The van der Waals surface area contributed by atoms with Gasteiger partial charge in [-0.05, 0) is 39.0 Å². The minimum absolute atomic E-state index is 0.0956. The van der Waals surface area contributed by atoms with Crippen LogP contribution in [0.2, 0.25) is 0 Å². The number of methoxy groups -OCH3 is 1. The number of pyridine rings is 1. The number of nitrogens with one attached hydrogen (secondary N) is 1. The van der Waals surface area contributed by atoms with E-state index in [1.54, 1.807) is 37.1 Å². The van der Waals surface area contributed by atoms with E-state index in [1.807, 2.05) is 0 Å². The molecule has 2 atom stereocenters. The van der Waals surface area contributed by atoms with Crippen LogP contribution >= 0.6 is 0 Å². The third-order valence-electron chi connectivity index (χ3n) is 4.75. The normalized spacial score (nSPS) is 14.8. The smallest absolute Gasteiger partial charge is 0.432 e. The maximum Gasteiger partial charge on any atom is 0.432 e. The molecule has 0 saturated carbocycles. The summed E-state index contributed by atoms with van der Waals surface area (Å²) >= 11 is 0. The van der Waals surface area contributed by atoms with Crippen LogP contribution in [0.1, 0.15) is 25.3 Å². The van der Waals surface area contributed by atoms with Gasteiger partial charge in [0.1, 0.15) is 5.71 Å². The fourth-order valence-corrected chi connectivity index (χ4v) is 2.78. The van der Waals surface area contributed by atoms with Gasteiger partial charge in [-0.15, -0.1) is 0 Å². The molecule has 0 aliphatic heterocycles. The van der Waals surface area contributed by atoms with Crippen molar-refractivity contribution in [1.82, 2.24) is 9.88 Å². The van der Waals surface area contributed by atoms with Crippen LogP contribution in [0.15, 0.2) is 42.1 Å². The summed E-state index contributed by atoms with van der Waals surface area (Å²) in [5.41, 5.74) is 5.28. The highest BCUT2D eigenvalue weighted by Crippen LogP contribution is 2.20. The second-order valence-electron chi connectivity index (χ2n) is 6.82. The second kappa shape index (κ2) is 12.0. The zero-order valence-electron chi connectivity index (χ0n) is 17.8. The minimum atomic E-state index is -4.55. The first-order chi connectivity index (χ1) is 14.5. The van der Waals surface area contributed by atoms with Crippen LogP contribution in [0, 0.1) is 5.41 Å². The predicted molar refractivity (Wildman–Crippen MR) is 116 cm³/mol. The number of halogens is 3. The zero-order chi connectivity index (χ0) is 23.6. The molecule has 0 radical (unpaired) electrons. The SMILES string of the molecule is C=C/C(=N\CC(C)N(C)C(C=N)CC/C=C(/C(N)=O)c1ccc(OC)nc1)C(F)(F)F. The van der Waals surface area contributed by atoms with E-state index in [2.05, 4.69) is 16.6 Å². The van der Waals surface area contributed by atoms with Gasteiger partial charge in [0.05, 0.1) is 13.7 Å². The van der Waals surface area contributed by atoms with Crippen molar-refractivity contribution in [1.29, 1.82) is 5.41 Å². The number of carbonyl (C=O) groups is 1. The lowest BCUT2D eigenvalue weighted by molar-refractivity contribution is -0.112. The highest BCUT2D eigenvalue weighted by Gasteiger charge is 2.33. The van der Waals surface area contributed by atoms with Gasteiger partial charge in [0, 0.05) is 41.7 Å². The number of primary amides is 1. The Morgan fingerprint density at radius 3 is 2.58 bits per heavy atom. The maximum absolute atomic E-state index is 12.8. The monoisotopic (exact) mass is 439 g/mol. The van der Waals surface area contributed by atoms with E-state index in [0.717, 1.165) is 0 Å². The van der Waals surface area contributed by atoms with E-state index in [0.29, 0.717) is 35.9 Å². The van der Waals surface area contributed by atoms with E-state index < -0.39 is 17.8 Å². The van der Waals surface area contributed by atoms with E-state index in [-0.39, 0.29) is 18.6 Å². The van der Waals surface area contributed by atoms with Gasteiger partial charge < -0.3 is 15.9 Å². The molecule has 0 aliphatic carbocycles. The van der Waals surface area contributed by atoms with Crippen LogP contribution in [0.25, 0.3) is 5.57 Å². The first kappa shape index (κ1) is 26.0. The number of ether oxygens (including phenoxy) is 1. The van der Waals surface area contributed by atoms with Crippen molar-refractivity contribution in [3.05, 3.63) is 42.6 Å². The van der Waals surface area contributed by atoms with Crippen LogP contribution in [0.5, 0.6) is 5.88 Å². The van der Waals surface area contributed by atoms with E-state index in [9.17, 15) is 18.0 Å². The fraction of sp³-hybridized carbons (Fsp3) is 0.429. The molecule has 1 rings (SSSR count). The van der Waals surface area contributed by atoms with Gasteiger partial charge in [-0.1, -0.05) is 12.7 Å². The lowest BCUT2D eigenvalue weighted by Crippen LogP contribution is -2.41. The Bertz CT molecular complexity index is 819. The summed E-state index contributed by atoms with van der Waals surface area (Å²) in [5, 5.41) is 7.68. The predicted octanol–water partition coefficient (Wildman–Crippen LogP) is 3.27. The average Bonchev–Trinajstić information content (AvgIpc) is 2.72. The molecule has 0 aliphatic rings. The molecule has 2 unspecified atom stereocenters. The van der Waals surface area contributed by atoms with Crippen molar-refractivity contribution in [2.75, 3.05) is 20.7 Å². The first-order valence-electron chi connectivity index (χ1n) is 9.52. The summed E-state index contributed by atoms with van der Waals surface area (Å²) < 4.78 is 43.3. The number of nitrogens with zero attached hydrogens (tertiary/aromatic N) is 3. The number of hydrogen-bond acceptors (Lipinski definition) is 6. The summed E-state index contributed by atoms with van der Waals surface area (Å²) in [6, 6.07) is 2.57. The van der Waals surface area contributed by atoms with Gasteiger partial charge in [-0.2, -0.15) is 13.2 Å². The van der Waals surface area contributed by atoms with Crippen molar-refractivity contribution in [2.24, 2.45) is 10.7 Å². The number of hydrogen-bond donors (Lipinski definition) is 2. The lowest BCUT2D eigenvalue weighted by atomic mass is 10.0. The molecule has 1 amide bonds. The highest BCUT2D eigenvalue weighted by atomic mass is 19.4. The minimum Gasteiger partial charge on any atom is -0.481 e. The number of carbonyl (C=O) groups excluding carboxylic acids is 1. The Morgan fingerprint density at radius 1 is 1.45 bits per heavy atom. The fourth-order valence-electron chi connectivity index (χ4n) is 2.78. The lowest BCUT2D eigenvalue weighted by Gasteiger charge is -2.29. The van der Waals surface area contributed by atoms with Crippen LogP contribution in [-0.4, -0.2) is 66.7 Å². The van der Waals surface area contributed by atoms with Gasteiger partial charge in [0.15, 0.2) is 0 Å². The average molecular weight is 439 g/mol. The molecule has 1 aromatic rings. The topological polar surface area (TPSA) is 105 Å². The molecule has 1 aromatic heterocycles. The highest BCUT2D eigenvalue weighted by molar-refractivity contribution is 6.18. The number of rotatable bonds is 12. The van der Waals surface area contributed by atoms with Gasteiger partial charge in [-0.25, -0.2) is 4.98 Å². The molecule has 7 nitrogen and oxygen atoms in total. The largest absolute Gasteiger partial charge is 0.481 e. The number of aromatic nitrogens is 1. The van der Waals surface area contributed by atoms with Crippen molar-refractivity contribution in [3.8, 4) is 5.88 Å². The number of nitrogens with two attached hydrogens (primary N) is 1. The van der Waals surface area contributed by atoms with E-state index >= 15 is 0 Å². The molecule has 0 aromatic carbocycles. The molecule has 0 bridgehead atoms. The number of alkyl halides is 3. The van der Waals surface area contributed by atoms with Crippen molar-refractivity contribution in [2.45, 2.75) is 38.0 Å². The van der Waals surface area contributed by atoms with Crippen molar-refractivity contribution >= 4 is 23.4 Å². The van der Waals surface area contributed by atoms with Crippen LogP contribution < -0.4 is 10.5 Å². The molecule has 170 valence electrons. The van der Waals surface area contributed by atoms with Gasteiger partial charge in [-0.3, -0.25) is 14.7 Å². The van der Waals surface area contributed by atoms with Crippen molar-refractivity contribution in [3.63, 3.8) is 0 Å². The molecular weight excluding hydrogens is 411 g/mol. The third-order valence-corrected chi connectivity index (χ3v) is 4.75. The summed E-state index contributed by atoms with van der Waals surface area (Å²) in [6.07, 6.45) is 1.38. The van der Waals surface area contributed by atoms with Crippen LogP contribution in [-0.2, 0) is 4.79 Å². The molecule has 10 heteroatoms. The molecule has 0 spiro atoms. The number of amides is 1.